The predicted octanol–water partition coefficient (Wildman–Crippen LogP) is 4.61. The highest BCUT2D eigenvalue weighted by atomic mass is 19.3. The zero-order chi connectivity index (χ0) is 22.8. The zero-order valence-electron chi connectivity index (χ0n) is 18.7. The molecule has 0 bridgehead atoms. The highest BCUT2D eigenvalue weighted by Gasteiger charge is 2.50. The molecule has 1 aromatic rings. The van der Waals surface area contributed by atoms with E-state index in [1.807, 2.05) is 45.0 Å². The van der Waals surface area contributed by atoms with Crippen molar-refractivity contribution in [3.63, 3.8) is 0 Å². The molecule has 1 saturated carbocycles. The molecule has 2 aliphatic rings. The second-order valence-corrected chi connectivity index (χ2v) is 9.37. The van der Waals surface area contributed by atoms with Gasteiger partial charge in [0.1, 0.15) is 11.4 Å². The molecule has 0 radical (unpaired) electrons. The number of methoxy groups -OCH3 is 1. The molecule has 0 aromatic heterocycles. The van der Waals surface area contributed by atoms with Gasteiger partial charge >= 0.3 is 12.0 Å². The number of nitrogens with zero attached hydrogens (tertiary/aromatic N) is 2. The van der Waals surface area contributed by atoms with Gasteiger partial charge in [-0.25, -0.2) is 4.79 Å². The van der Waals surface area contributed by atoms with E-state index in [9.17, 15) is 18.4 Å². The number of hydrogen-bond acceptors (Lipinski definition) is 4. The summed E-state index contributed by atoms with van der Waals surface area (Å²) in [7, 11) is 1.60. The fourth-order valence-electron chi connectivity index (χ4n) is 4.30. The molecular weight excluding hydrogens is 406 g/mol. The Morgan fingerprint density at radius 1 is 1.16 bits per heavy atom. The number of benzene rings is 1. The van der Waals surface area contributed by atoms with Crippen LogP contribution in [0, 0.1) is 0 Å². The summed E-state index contributed by atoms with van der Waals surface area (Å²) >= 11 is 0. The third kappa shape index (κ3) is 5.66. The number of likely N-dealkylation sites (tertiary alicyclic amines) is 1. The van der Waals surface area contributed by atoms with Gasteiger partial charge in [0.05, 0.1) is 7.11 Å². The largest absolute Gasteiger partial charge is 0.497 e. The number of alkyl halides is 2. The fraction of sp³-hybridized carbons (Fsp3) is 0.652. The van der Waals surface area contributed by atoms with Gasteiger partial charge in [-0.2, -0.15) is 8.78 Å². The third-order valence-electron chi connectivity index (χ3n) is 5.93. The molecule has 0 spiro atoms. The highest BCUT2D eigenvalue weighted by molar-refractivity contribution is 5.85. The molecule has 1 aliphatic carbocycles. The van der Waals surface area contributed by atoms with Crippen molar-refractivity contribution in [2.75, 3.05) is 13.7 Å². The van der Waals surface area contributed by atoms with E-state index >= 15 is 0 Å². The van der Waals surface area contributed by atoms with Crippen LogP contribution in [0.4, 0.5) is 13.6 Å². The Balaban J connectivity index is 1.69. The molecule has 0 unspecified atom stereocenters. The Hall–Kier alpha value is -2.38. The first-order valence-corrected chi connectivity index (χ1v) is 10.8. The van der Waals surface area contributed by atoms with E-state index in [0.717, 1.165) is 11.3 Å². The van der Waals surface area contributed by atoms with Crippen molar-refractivity contribution in [2.24, 2.45) is 0 Å². The van der Waals surface area contributed by atoms with Crippen molar-refractivity contribution < 1.29 is 27.8 Å². The maximum absolute atomic E-state index is 13.6. The first-order chi connectivity index (χ1) is 14.5. The SMILES string of the molecule is COc1ccc(CN(C(=O)OC(C)(C)C)C2CCC(N3CCC(F)(F)C3=O)CC2)cc1. The van der Waals surface area contributed by atoms with E-state index in [1.54, 1.807) is 12.0 Å². The van der Waals surface area contributed by atoms with Gasteiger partial charge in [0.2, 0.25) is 0 Å². The van der Waals surface area contributed by atoms with E-state index in [2.05, 4.69) is 0 Å². The molecule has 1 aliphatic heterocycles. The number of rotatable bonds is 5. The summed E-state index contributed by atoms with van der Waals surface area (Å²) in [5.41, 5.74) is 0.322. The Morgan fingerprint density at radius 3 is 2.26 bits per heavy atom. The summed E-state index contributed by atoms with van der Waals surface area (Å²) < 4.78 is 38.1. The number of amides is 2. The van der Waals surface area contributed by atoms with Crippen LogP contribution >= 0.6 is 0 Å². The van der Waals surface area contributed by atoms with Crippen LogP contribution in [0.25, 0.3) is 0 Å². The van der Waals surface area contributed by atoms with E-state index in [0.29, 0.717) is 32.2 Å². The van der Waals surface area contributed by atoms with Gasteiger partial charge in [0, 0.05) is 31.6 Å². The Morgan fingerprint density at radius 2 is 1.77 bits per heavy atom. The lowest BCUT2D eigenvalue weighted by molar-refractivity contribution is -0.150. The second kappa shape index (κ2) is 9.01. The number of halogens is 2. The maximum atomic E-state index is 13.6. The maximum Gasteiger partial charge on any atom is 0.410 e. The van der Waals surface area contributed by atoms with Crippen LogP contribution in [-0.2, 0) is 16.1 Å². The molecule has 0 atom stereocenters. The van der Waals surface area contributed by atoms with Crippen molar-refractivity contribution in [3.05, 3.63) is 29.8 Å². The normalized spacial score (nSPS) is 23.5. The molecule has 3 rings (SSSR count). The summed E-state index contributed by atoms with van der Waals surface area (Å²) in [5, 5.41) is 0. The number of carbonyl (C=O) groups is 2. The first-order valence-electron chi connectivity index (χ1n) is 10.8. The molecule has 1 heterocycles. The van der Waals surface area contributed by atoms with Crippen LogP contribution in [-0.4, -0.2) is 59.1 Å². The summed E-state index contributed by atoms with van der Waals surface area (Å²) in [6.45, 7) is 5.96. The van der Waals surface area contributed by atoms with Crippen molar-refractivity contribution in [2.45, 2.75) is 83.0 Å². The molecular formula is C23H32F2N2O4. The predicted molar refractivity (Wildman–Crippen MR) is 112 cm³/mol. The molecule has 8 heteroatoms. The second-order valence-electron chi connectivity index (χ2n) is 9.37. The van der Waals surface area contributed by atoms with E-state index in [1.165, 1.54) is 4.90 Å². The minimum atomic E-state index is -3.24. The summed E-state index contributed by atoms with van der Waals surface area (Å²) in [4.78, 5) is 28.0. The Bertz CT molecular complexity index is 784. The fourth-order valence-corrected chi connectivity index (χ4v) is 4.30. The van der Waals surface area contributed by atoms with E-state index in [-0.39, 0.29) is 18.6 Å². The van der Waals surface area contributed by atoms with Gasteiger partial charge in [-0.1, -0.05) is 12.1 Å². The number of hydrogen-bond donors (Lipinski definition) is 0. The number of carbonyl (C=O) groups excluding carboxylic acids is 2. The van der Waals surface area contributed by atoms with Crippen LogP contribution in [0.1, 0.15) is 58.4 Å². The average Bonchev–Trinajstić information content (AvgIpc) is 2.98. The molecule has 1 saturated heterocycles. The van der Waals surface area contributed by atoms with E-state index < -0.39 is 29.9 Å². The standard InChI is InChI=1S/C23H32F2N2O4/c1-22(2,3)31-21(29)27(15-16-5-11-19(30-4)12-6-16)18-9-7-17(8-10-18)26-14-13-23(24,25)20(26)28/h5-6,11-12,17-18H,7-10,13-15H2,1-4H3. The molecule has 0 N–H and O–H groups in total. The monoisotopic (exact) mass is 438 g/mol. The van der Waals surface area contributed by atoms with Crippen molar-refractivity contribution >= 4 is 12.0 Å². The van der Waals surface area contributed by atoms with Crippen LogP contribution in [0.3, 0.4) is 0 Å². The van der Waals surface area contributed by atoms with Gasteiger partial charge in [-0.15, -0.1) is 0 Å². The van der Waals surface area contributed by atoms with Gasteiger partial charge in [-0.05, 0) is 64.2 Å². The molecule has 31 heavy (non-hydrogen) atoms. The molecule has 1 aromatic carbocycles. The zero-order valence-corrected chi connectivity index (χ0v) is 18.7. The smallest absolute Gasteiger partial charge is 0.410 e. The van der Waals surface area contributed by atoms with Crippen molar-refractivity contribution in [3.8, 4) is 5.75 Å². The van der Waals surface area contributed by atoms with Gasteiger partial charge < -0.3 is 19.3 Å². The minimum Gasteiger partial charge on any atom is -0.497 e. The average molecular weight is 439 g/mol. The van der Waals surface area contributed by atoms with Crippen LogP contribution in [0.15, 0.2) is 24.3 Å². The van der Waals surface area contributed by atoms with Crippen LogP contribution in [0.2, 0.25) is 0 Å². The van der Waals surface area contributed by atoms with Crippen LogP contribution in [0.5, 0.6) is 5.75 Å². The third-order valence-corrected chi connectivity index (χ3v) is 5.93. The van der Waals surface area contributed by atoms with Crippen molar-refractivity contribution in [1.82, 2.24) is 9.80 Å². The Labute approximate surface area is 182 Å². The minimum absolute atomic E-state index is 0.0774. The van der Waals surface area contributed by atoms with Gasteiger partial charge in [-0.3, -0.25) is 4.79 Å². The molecule has 2 fully saturated rings. The molecule has 172 valence electrons. The summed E-state index contributed by atoms with van der Waals surface area (Å²) in [5.74, 6) is -3.56. The lowest BCUT2D eigenvalue weighted by Gasteiger charge is -2.40. The van der Waals surface area contributed by atoms with Gasteiger partial charge in [0.15, 0.2) is 0 Å². The lowest BCUT2D eigenvalue weighted by Crippen LogP contribution is -2.48. The summed E-state index contributed by atoms with van der Waals surface area (Å²) in [6, 6.07) is 7.24. The molecule has 6 nitrogen and oxygen atoms in total. The lowest BCUT2D eigenvalue weighted by atomic mass is 9.89. The van der Waals surface area contributed by atoms with Gasteiger partial charge in [0.25, 0.3) is 5.91 Å². The Kier molecular flexibility index (Phi) is 6.76. The summed E-state index contributed by atoms with van der Waals surface area (Å²) in [6.07, 6.45) is 1.65. The molecule has 2 amide bonds. The first kappa shape index (κ1) is 23.3. The highest BCUT2D eigenvalue weighted by Crippen LogP contribution is 2.35. The quantitative estimate of drug-likeness (QED) is 0.674. The number of ether oxygens (including phenoxy) is 2. The van der Waals surface area contributed by atoms with Crippen molar-refractivity contribution in [1.29, 1.82) is 0 Å². The van der Waals surface area contributed by atoms with E-state index in [4.69, 9.17) is 9.47 Å². The topological polar surface area (TPSA) is 59.1 Å². The van der Waals surface area contributed by atoms with Crippen LogP contribution < -0.4 is 4.74 Å².